The van der Waals surface area contributed by atoms with E-state index in [1.807, 2.05) is 48.5 Å². The van der Waals surface area contributed by atoms with Gasteiger partial charge in [-0.2, -0.15) is 9.78 Å². The standard InChI is InChI=1S/C17H13ClN4OS/c1-23-12-6-4-5-11(9-12)15-10-24-17-20-19-16(22(17)21-15)13-7-2-3-8-14(13)18/h2-9H,10H2,1H3. The molecule has 1 aromatic heterocycles. The predicted molar refractivity (Wildman–Crippen MR) is 96.1 cm³/mol. The Morgan fingerprint density at radius 3 is 2.83 bits per heavy atom. The number of benzene rings is 2. The molecule has 5 nitrogen and oxygen atoms in total. The highest BCUT2D eigenvalue weighted by Gasteiger charge is 2.21. The highest BCUT2D eigenvalue weighted by molar-refractivity contribution is 7.99. The topological polar surface area (TPSA) is 52.3 Å². The second kappa shape index (κ2) is 6.30. The first kappa shape index (κ1) is 15.2. The Balaban J connectivity index is 1.80. The number of halogens is 1. The molecule has 0 unspecified atom stereocenters. The quantitative estimate of drug-likeness (QED) is 0.712. The largest absolute Gasteiger partial charge is 0.497 e. The van der Waals surface area contributed by atoms with Gasteiger partial charge in [-0.25, -0.2) is 0 Å². The summed E-state index contributed by atoms with van der Waals surface area (Å²) >= 11 is 7.90. The van der Waals surface area contributed by atoms with Crippen LogP contribution in [0, 0.1) is 0 Å². The van der Waals surface area contributed by atoms with E-state index in [1.54, 1.807) is 23.5 Å². The summed E-state index contributed by atoms with van der Waals surface area (Å²) in [6.07, 6.45) is 0. The molecule has 0 spiro atoms. The van der Waals surface area contributed by atoms with E-state index >= 15 is 0 Å². The van der Waals surface area contributed by atoms with Crippen LogP contribution >= 0.6 is 23.4 Å². The van der Waals surface area contributed by atoms with Crippen LogP contribution in [0.15, 0.2) is 58.8 Å². The molecule has 2 aromatic carbocycles. The van der Waals surface area contributed by atoms with Gasteiger partial charge in [0.25, 0.3) is 0 Å². The van der Waals surface area contributed by atoms with Crippen LogP contribution in [0.1, 0.15) is 5.56 Å². The molecule has 3 aromatic rings. The lowest BCUT2D eigenvalue weighted by Gasteiger charge is -2.14. The van der Waals surface area contributed by atoms with Crippen LogP contribution in [-0.4, -0.2) is 33.4 Å². The van der Waals surface area contributed by atoms with Gasteiger partial charge in [-0.3, -0.25) is 0 Å². The molecule has 24 heavy (non-hydrogen) atoms. The van der Waals surface area contributed by atoms with Crippen molar-refractivity contribution in [3.63, 3.8) is 0 Å². The van der Waals surface area contributed by atoms with Crippen molar-refractivity contribution < 1.29 is 4.74 Å². The number of rotatable bonds is 3. The molecule has 0 N–H and O–H groups in total. The van der Waals surface area contributed by atoms with Crippen LogP contribution in [0.3, 0.4) is 0 Å². The second-order valence-electron chi connectivity index (χ2n) is 5.17. The van der Waals surface area contributed by atoms with Crippen LogP contribution in [0.5, 0.6) is 5.75 Å². The smallest absolute Gasteiger partial charge is 0.212 e. The third-order valence-electron chi connectivity index (χ3n) is 3.69. The first-order chi connectivity index (χ1) is 11.8. The molecule has 0 atom stereocenters. The summed E-state index contributed by atoms with van der Waals surface area (Å²) in [4.78, 5) is 0. The molecule has 4 rings (SSSR count). The Morgan fingerprint density at radius 2 is 2.00 bits per heavy atom. The first-order valence-electron chi connectivity index (χ1n) is 7.31. The van der Waals surface area contributed by atoms with E-state index in [4.69, 9.17) is 21.4 Å². The summed E-state index contributed by atoms with van der Waals surface area (Å²) in [6.45, 7) is 0. The SMILES string of the molecule is COc1cccc(C2=Nn3c(nnc3-c3ccccc3Cl)SC2)c1. The van der Waals surface area contributed by atoms with E-state index in [1.165, 1.54) is 0 Å². The van der Waals surface area contributed by atoms with E-state index in [-0.39, 0.29) is 0 Å². The molecule has 7 heteroatoms. The van der Waals surface area contributed by atoms with Crippen molar-refractivity contribution in [3.8, 4) is 17.1 Å². The van der Waals surface area contributed by atoms with Crippen LogP contribution in [0.4, 0.5) is 0 Å². The molecule has 0 radical (unpaired) electrons. The molecule has 0 amide bonds. The van der Waals surface area contributed by atoms with Crippen molar-refractivity contribution in [2.45, 2.75) is 5.16 Å². The number of ether oxygens (including phenoxy) is 1. The van der Waals surface area contributed by atoms with E-state index in [0.717, 1.165) is 33.5 Å². The molecule has 2 heterocycles. The maximum absolute atomic E-state index is 6.30. The van der Waals surface area contributed by atoms with Crippen molar-refractivity contribution in [3.05, 3.63) is 59.1 Å². The lowest BCUT2D eigenvalue weighted by molar-refractivity contribution is 0.414. The Labute approximate surface area is 148 Å². The molecule has 1 aliphatic heterocycles. The highest BCUT2D eigenvalue weighted by atomic mass is 35.5. The number of aromatic nitrogens is 3. The summed E-state index contributed by atoms with van der Waals surface area (Å²) in [5.41, 5.74) is 2.78. The van der Waals surface area contributed by atoms with Gasteiger partial charge in [-0.05, 0) is 24.3 Å². The average Bonchev–Trinajstić information content (AvgIpc) is 3.05. The van der Waals surface area contributed by atoms with Crippen molar-refractivity contribution in [2.75, 3.05) is 12.9 Å². The van der Waals surface area contributed by atoms with E-state index in [9.17, 15) is 0 Å². The summed E-state index contributed by atoms with van der Waals surface area (Å²) in [5.74, 6) is 2.18. The highest BCUT2D eigenvalue weighted by Crippen LogP contribution is 2.32. The lowest BCUT2D eigenvalue weighted by atomic mass is 10.1. The Kier molecular flexibility index (Phi) is 4.00. The van der Waals surface area contributed by atoms with Crippen molar-refractivity contribution in [1.29, 1.82) is 0 Å². The fraction of sp³-hybridized carbons (Fsp3) is 0.118. The fourth-order valence-electron chi connectivity index (χ4n) is 2.48. The third-order valence-corrected chi connectivity index (χ3v) is 4.95. The molecule has 0 saturated carbocycles. The maximum Gasteiger partial charge on any atom is 0.212 e. The molecule has 0 bridgehead atoms. The van der Waals surface area contributed by atoms with Gasteiger partial charge in [-0.15, -0.1) is 10.2 Å². The molecule has 0 saturated heterocycles. The van der Waals surface area contributed by atoms with E-state index in [2.05, 4.69) is 10.2 Å². The normalized spacial score (nSPS) is 13.3. The molecular weight excluding hydrogens is 344 g/mol. The van der Waals surface area contributed by atoms with Gasteiger partial charge in [0.15, 0.2) is 5.82 Å². The zero-order chi connectivity index (χ0) is 16.5. The van der Waals surface area contributed by atoms with Gasteiger partial charge in [0, 0.05) is 16.9 Å². The van der Waals surface area contributed by atoms with Gasteiger partial charge in [0.1, 0.15) is 5.75 Å². The molecule has 0 aliphatic carbocycles. The predicted octanol–water partition coefficient (Wildman–Crippen LogP) is 3.97. The van der Waals surface area contributed by atoms with Gasteiger partial charge < -0.3 is 4.74 Å². The van der Waals surface area contributed by atoms with Crippen LogP contribution < -0.4 is 4.74 Å². The molecule has 1 aliphatic rings. The van der Waals surface area contributed by atoms with Gasteiger partial charge in [0.2, 0.25) is 5.16 Å². The minimum absolute atomic E-state index is 0.626. The summed E-state index contributed by atoms with van der Waals surface area (Å²) in [7, 11) is 1.66. The maximum atomic E-state index is 6.30. The minimum atomic E-state index is 0.626. The van der Waals surface area contributed by atoms with E-state index < -0.39 is 0 Å². The van der Waals surface area contributed by atoms with Gasteiger partial charge in [0.05, 0.1) is 17.8 Å². The number of nitrogens with zero attached hydrogens (tertiary/aromatic N) is 4. The first-order valence-corrected chi connectivity index (χ1v) is 8.68. The zero-order valence-corrected chi connectivity index (χ0v) is 14.4. The number of fused-ring (bicyclic) bond motifs is 1. The monoisotopic (exact) mass is 356 g/mol. The van der Waals surface area contributed by atoms with Gasteiger partial charge in [-0.1, -0.05) is 47.6 Å². The summed E-state index contributed by atoms with van der Waals surface area (Å²) < 4.78 is 7.05. The number of thioether (sulfide) groups is 1. The van der Waals surface area contributed by atoms with E-state index in [0.29, 0.717) is 10.8 Å². The Bertz CT molecular complexity index is 938. The number of hydrogen-bond donors (Lipinski definition) is 0. The fourth-order valence-corrected chi connectivity index (χ4v) is 3.54. The van der Waals surface area contributed by atoms with Crippen molar-refractivity contribution in [1.82, 2.24) is 14.9 Å². The number of hydrogen-bond acceptors (Lipinski definition) is 5. The van der Waals surface area contributed by atoms with Crippen LogP contribution in [0.2, 0.25) is 5.02 Å². The third kappa shape index (κ3) is 2.68. The Morgan fingerprint density at radius 1 is 1.12 bits per heavy atom. The molecule has 0 fully saturated rings. The summed E-state index contributed by atoms with van der Waals surface area (Å²) in [5, 5.41) is 14.6. The average molecular weight is 357 g/mol. The second-order valence-corrected chi connectivity index (χ2v) is 6.51. The minimum Gasteiger partial charge on any atom is -0.497 e. The van der Waals surface area contributed by atoms with Crippen LogP contribution in [-0.2, 0) is 0 Å². The van der Waals surface area contributed by atoms with Crippen molar-refractivity contribution >= 4 is 29.1 Å². The van der Waals surface area contributed by atoms with Gasteiger partial charge >= 0.3 is 0 Å². The summed E-state index contributed by atoms with van der Waals surface area (Å²) in [6, 6.07) is 15.4. The zero-order valence-electron chi connectivity index (χ0n) is 12.8. The molecule has 120 valence electrons. The molecular formula is C17H13ClN4OS. The van der Waals surface area contributed by atoms with Crippen molar-refractivity contribution in [2.24, 2.45) is 5.10 Å². The Hall–Kier alpha value is -2.31. The lowest BCUT2D eigenvalue weighted by Crippen LogP contribution is -2.13. The van der Waals surface area contributed by atoms with Crippen LogP contribution in [0.25, 0.3) is 11.4 Å². The number of methoxy groups -OCH3 is 1.